The van der Waals surface area contributed by atoms with E-state index in [0.717, 1.165) is 0 Å². The van der Waals surface area contributed by atoms with Gasteiger partial charge in [-0.25, -0.2) is 0 Å². The predicted octanol–water partition coefficient (Wildman–Crippen LogP) is 2.02. The first kappa shape index (κ1) is 12.9. The molecule has 3 atom stereocenters. The number of rotatable bonds is 4. The second-order valence-electron chi connectivity index (χ2n) is 6.68. The van der Waals surface area contributed by atoms with Crippen molar-refractivity contribution in [1.29, 1.82) is 0 Å². The average molecular weight is 252 g/mol. The van der Waals surface area contributed by atoms with Gasteiger partial charge in [-0.15, -0.1) is 0 Å². The molecule has 0 aromatic carbocycles. The molecule has 0 aliphatic carbocycles. The monoisotopic (exact) mass is 252 g/mol. The van der Waals surface area contributed by atoms with Crippen LogP contribution in [0, 0.1) is 5.41 Å². The van der Waals surface area contributed by atoms with Crippen molar-refractivity contribution in [2.24, 2.45) is 5.41 Å². The van der Waals surface area contributed by atoms with Crippen LogP contribution in [0.2, 0.25) is 0 Å². The Bertz CT molecular complexity index is 258. The minimum Gasteiger partial charge on any atom is -0.372 e. The van der Waals surface area contributed by atoms with E-state index in [0.29, 0.717) is 17.6 Å². The Kier molecular flexibility index (Phi) is 3.92. The maximum absolute atomic E-state index is 5.95. The summed E-state index contributed by atoms with van der Waals surface area (Å²) in [6, 6.07) is 0. The van der Waals surface area contributed by atoms with Crippen LogP contribution in [0.5, 0.6) is 0 Å². The maximum atomic E-state index is 5.95. The van der Waals surface area contributed by atoms with E-state index in [1.165, 1.54) is 71.2 Å². The van der Waals surface area contributed by atoms with Crippen LogP contribution < -0.4 is 5.32 Å². The molecule has 3 saturated heterocycles. The van der Waals surface area contributed by atoms with Crippen molar-refractivity contribution in [3.63, 3.8) is 0 Å². The number of morpholine rings is 1. The highest BCUT2D eigenvalue weighted by Gasteiger charge is 2.38. The molecule has 3 aliphatic rings. The average Bonchev–Trinajstić information content (AvgIpc) is 2.70. The molecule has 3 fully saturated rings. The fourth-order valence-corrected chi connectivity index (χ4v) is 4.29. The summed E-state index contributed by atoms with van der Waals surface area (Å²) in [5.41, 5.74) is 0.545. The van der Waals surface area contributed by atoms with Crippen molar-refractivity contribution in [2.45, 2.75) is 57.7 Å². The van der Waals surface area contributed by atoms with Gasteiger partial charge in [0.05, 0.1) is 12.2 Å². The summed E-state index contributed by atoms with van der Waals surface area (Å²) in [5, 5.41) is 3.63. The lowest BCUT2D eigenvalue weighted by atomic mass is 9.76. The summed E-state index contributed by atoms with van der Waals surface area (Å²) in [7, 11) is 0. The third kappa shape index (κ3) is 2.73. The van der Waals surface area contributed by atoms with Gasteiger partial charge in [0, 0.05) is 26.2 Å². The van der Waals surface area contributed by atoms with Gasteiger partial charge < -0.3 is 10.1 Å². The van der Waals surface area contributed by atoms with Crippen molar-refractivity contribution < 1.29 is 4.74 Å². The van der Waals surface area contributed by atoms with Gasteiger partial charge in [0.15, 0.2) is 0 Å². The van der Waals surface area contributed by atoms with Gasteiger partial charge in [-0.1, -0.05) is 13.3 Å². The first-order valence-corrected chi connectivity index (χ1v) is 7.88. The first-order chi connectivity index (χ1) is 8.80. The Balaban J connectivity index is 1.61. The van der Waals surface area contributed by atoms with Crippen LogP contribution in [-0.2, 0) is 4.74 Å². The van der Waals surface area contributed by atoms with Crippen molar-refractivity contribution >= 4 is 0 Å². The second-order valence-corrected chi connectivity index (χ2v) is 6.68. The smallest absolute Gasteiger partial charge is 0.0707 e. The molecule has 18 heavy (non-hydrogen) atoms. The van der Waals surface area contributed by atoms with Crippen LogP contribution in [-0.4, -0.2) is 49.8 Å². The quantitative estimate of drug-likeness (QED) is 0.828. The predicted molar refractivity (Wildman–Crippen MR) is 73.8 cm³/mol. The molecule has 2 bridgehead atoms. The van der Waals surface area contributed by atoms with E-state index in [4.69, 9.17) is 4.74 Å². The van der Waals surface area contributed by atoms with E-state index in [1.54, 1.807) is 0 Å². The molecule has 0 radical (unpaired) electrons. The molecule has 104 valence electrons. The van der Waals surface area contributed by atoms with Crippen molar-refractivity contribution in [2.75, 3.05) is 32.7 Å². The fraction of sp³-hybridized carbons (Fsp3) is 1.00. The molecular weight excluding hydrogens is 224 g/mol. The Morgan fingerprint density at radius 3 is 2.67 bits per heavy atom. The van der Waals surface area contributed by atoms with Crippen molar-refractivity contribution in [3.05, 3.63) is 0 Å². The summed E-state index contributed by atoms with van der Waals surface area (Å²) in [4.78, 5) is 2.70. The molecular formula is C15H28N2O. The molecule has 0 aromatic rings. The molecule has 3 rings (SSSR count). The standard InChI is InChI=1S/C15H28N2O/c1-2-6-15(7-3-8-16-11-15)12-17-9-13-4-5-14(10-17)18-13/h13-14,16H,2-12H2,1H3. The van der Waals surface area contributed by atoms with E-state index >= 15 is 0 Å². The SMILES string of the molecule is CCCC1(CN2CC3CCC(C2)O3)CCCNC1. The van der Waals surface area contributed by atoms with Crippen LogP contribution in [0.3, 0.4) is 0 Å². The summed E-state index contributed by atoms with van der Waals surface area (Å²) in [5.74, 6) is 0. The van der Waals surface area contributed by atoms with E-state index in [-0.39, 0.29) is 0 Å². The number of fused-ring (bicyclic) bond motifs is 2. The number of likely N-dealkylation sites (tertiary alicyclic amines) is 1. The molecule has 3 heteroatoms. The fourth-order valence-electron chi connectivity index (χ4n) is 4.29. The van der Waals surface area contributed by atoms with E-state index in [9.17, 15) is 0 Å². The number of nitrogens with zero attached hydrogens (tertiary/aromatic N) is 1. The number of piperidine rings is 1. The number of ether oxygens (including phenoxy) is 1. The largest absolute Gasteiger partial charge is 0.372 e. The third-order valence-electron chi connectivity index (χ3n) is 5.02. The summed E-state index contributed by atoms with van der Waals surface area (Å²) in [6.07, 6.45) is 9.14. The topological polar surface area (TPSA) is 24.5 Å². The van der Waals surface area contributed by atoms with Gasteiger partial charge in [0.2, 0.25) is 0 Å². The molecule has 0 saturated carbocycles. The van der Waals surface area contributed by atoms with Crippen molar-refractivity contribution in [3.8, 4) is 0 Å². The van der Waals surface area contributed by atoms with Gasteiger partial charge in [-0.05, 0) is 44.1 Å². The van der Waals surface area contributed by atoms with Gasteiger partial charge >= 0.3 is 0 Å². The molecule has 0 aromatic heterocycles. The highest BCUT2D eigenvalue weighted by Crippen LogP contribution is 2.35. The van der Waals surface area contributed by atoms with Gasteiger partial charge in [0.1, 0.15) is 0 Å². The van der Waals surface area contributed by atoms with Gasteiger partial charge in [-0.2, -0.15) is 0 Å². The normalized spacial score (nSPS) is 41.2. The molecule has 1 N–H and O–H groups in total. The lowest BCUT2D eigenvalue weighted by Crippen LogP contribution is -2.52. The lowest BCUT2D eigenvalue weighted by Gasteiger charge is -2.43. The van der Waals surface area contributed by atoms with Crippen LogP contribution in [0.4, 0.5) is 0 Å². The van der Waals surface area contributed by atoms with Crippen molar-refractivity contribution in [1.82, 2.24) is 10.2 Å². The van der Waals surface area contributed by atoms with E-state index < -0.39 is 0 Å². The first-order valence-electron chi connectivity index (χ1n) is 7.88. The maximum Gasteiger partial charge on any atom is 0.0707 e. The third-order valence-corrected chi connectivity index (χ3v) is 5.02. The highest BCUT2D eigenvalue weighted by atomic mass is 16.5. The van der Waals surface area contributed by atoms with Crippen LogP contribution in [0.1, 0.15) is 45.4 Å². The summed E-state index contributed by atoms with van der Waals surface area (Å²) in [6.45, 7) is 8.45. The molecule has 0 amide bonds. The molecule has 3 aliphatic heterocycles. The number of nitrogens with one attached hydrogen (secondary N) is 1. The summed E-state index contributed by atoms with van der Waals surface area (Å²) < 4.78 is 5.95. The lowest BCUT2D eigenvalue weighted by molar-refractivity contribution is -0.0538. The number of hydrogen-bond acceptors (Lipinski definition) is 3. The minimum atomic E-state index is 0.541. The van der Waals surface area contributed by atoms with Crippen LogP contribution >= 0.6 is 0 Å². The zero-order valence-electron chi connectivity index (χ0n) is 11.8. The molecule has 0 spiro atoms. The van der Waals surface area contributed by atoms with Crippen LogP contribution in [0.15, 0.2) is 0 Å². The van der Waals surface area contributed by atoms with E-state index in [2.05, 4.69) is 17.1 Å². The molecule has 3 unspecified atom stereocenters. The second kappa shape index (κ2) is 5.48. The Labute approximate surface area is 111 Å². The Hall–Kier alpha value is -0.120. The highest BCUT2D eigenvalue weighted by molar-refractivity contribution is 4.92. The van der Waals surface area contributed by atoms with Crippen LogP contribution in [0.25, 0.3) is 0 Å². The Morgan fingerprint density at radius 2 is 2.06 bits per heavy atom. The van der Waals surface area contributed by atoms with E-state index in [1.807, 2.05) is 0 Å². The molecule has 3 heterocycles. The zero-order chi connectivity index (χ0) is 12.4. The zero-order valence-corrected chi connectivity index (χ0v) is 11.8. The molecule has 3 nitrogen and oxygen atoms in total. The Morgan fingerprint density at radius 1 is 1.28 bits per heavy atom. The summed E-state index contributed by atoms with van der Waals surface area (Å²) >= 11 is 0. The minimum absolute atomic E-state index is 0.541. The van der Waals surface area contributed by atoms with Gasteiger partial charge in [-0.3, -0.25) is 4.90 Å². The van der Waals surface area contributed by atoms with Gasteiger partial charge in [0.25, 0.3) is 0 Å². The number of hydrogen-bond donors (Lipinski definition) is 1.